The molecule has 0 spiro atoms. The summed E-state index contributed by atoms with van der Waals surface area (Å²) < 4.78 is 0. The van der Waals surface area contributed by atoms with E-state index < -0.39 is 0 Å². The molecule has 1 amide bonds. The Labute approximate surface area is 80.0 Å². The number of amides is 1. The molecule has 3 heteroatoms. The molecule has 0 atom stereocenters. The summed E-state index contributed by atoms with van der Waals surface area (Å²) in [4.78, 5) is 11.7. The number of rotatable bonds is 1. The van der Waals surface area contributed by atoms with E-state index in [1.807, 2.05) is 0 Å². The van der Waals surface area contributed by atoms with Crippen molar-refractivity contribution >= 4 is 5.91 Å². The van der Waals surface area contributed by atoms with E-state index in [1.165, 1.54) is 0 Å². The lowest BCUT2D eigenvalue weighted by Crippen LogP contribution is -2.49. The molecule has 0 aromatic carbocycles. The van der Waals surface area contributed by atoms with Gasteiger partial charge in [-0.05, 0) is 18.3 Å². The van der Waals surface area contributed by atoms with Crippen LogP contribution in [0.2, 0.25) is 0 Å². The van der Waals surface area contributed by atoms with Crippen LogP contribution in [0.1, 0.15) is 46.5 Å². The molecular weight excluding hydrogens is 164 g/mol. The Morgan fingerprint density at radius 1 is 1.31 bits per heavy atom. The van der Waals surface area contributed by atoms with Crippen molar-refractivity contribution in [3.05, 3.63) is 0 Å². The van der Waals surface area contributed by atoms with E-state index in [0.717, 1.165) is 25.7 Å². The van der Waals surface area contributed by atoms with Gasteiger partial charge in [-0.2, -0.15) is 0 Å². The Bertz CT molecular complexity index is 199. The Morgan fingerprint density at radius 2 is 1.77 bits per heavy atom. The minimum Gasteiger partial charge on any atom is -0.294 e. The second-order valence-electron chi connectivity index (χ2n) is 5.01. The monoisotopic (exact) mass is 184 g/mol. The van der Waals surface area contributed by atoms with Crippen molar-refractivity contribution in [2.45, 2.75) is 46.5 Å². The fourth-order valence-electron chi connectivity index (χ4n) is 2.43. The normalized spacial score (nSPS) is 21.5. The summed E-state index contributed by atoms with van der Waals surface area (Å²) in [5.74, 6) is 5.25. The molecule has 0 radical (unpaired) electrons. The Morgan fingerprint density at radius 3 is 2.08 bits per heavy atom. The number of hydrogen-bond acceptors (Lipinski definition) is 2. The van der Waals surface area contributed by atoms with Gasteiger partial charge in [0.2, 0.25) is 5.91 Å². The first-order chi connectivity index (χ1) is 5.94. The number of nitrogens with one attached hydrogen (secondary N) is 1. The fraction of sp³-hybridized carbons (Fsp3) is 0.900. The third-order valence-electron chi connectivity index (χ3n) is 3.46. The lowest BCUT2D eigenvalue weighted by Gasteiger charge is -2.39. The van der Waals surface area contributed by atoms with Crippen molar-refractivity contribution in [2.75, 3.05) is 0 Å². The quantitative estimate of drug-likeness (QED) is 0.369. The highest BCUT2D eigenvalue weighted by Gasteiger charge is 2.49. The average Bonchev–Trinajstić information content (AvgIpc) is 2.50. The lowest BCUT2D eigenvalue weighted by atomic mass is 9.65. The van der Waals surface area contributed by atoms with Gasteiger partial charge >= 0.3 is 0 Å². The maximum atomic E-state index is 11.7. The number of carbonyl (C=O) groups is 1. The Balaban J connectivity index is 2.94. The summed E-state index contributed by atoms with van der Waals surface area (Å²) in [7, 11) is 0. The first kappa shape index (κ1) is 10.5. The third kappa shape index (κ3) is 1.57. The van der Waals surface area contributed by atoms with Crippen molar-refractivity contribution in [2.24, 2.45) is 16.7 Å². The van der Waals surface area contributed by atoms with Gasteiger partial charge in [0.05, 0.1) is 5.41 Å². The average molecular weight is 184 g/mol. The van der Waals surface area contributed by atoms with E-state index in [4.69, 9.17) is 5.84 Å². The molecule has 76 valence electrons. The van der Waals surface area contributed by atoms with Gasteiger partial charge in [0.25, 0.3) is 0 Å². The minimum atomic E-state index is -0.234. The van der Waals surface area contributed by atoms with Crippen LogP contribution < -0.4 is 11.3 Å². The van der Waals surface area contributed by atoms with Gasteiger partial charge in [-0.25, -0.2) is 5.84 Å². The summed E-state index contributed by atoms with van der Waals surface area (Å²) in [6.45, 7) is 6.36. The van der Waals surface area contributed by atoms with Crippen LogP contribution in [0, 0.1) is 10.8 Å². The molecule has 3 N–H and O–H groups in total. The van der Waals surface area contributed by atoms with Gasteiger partial charge in [-0.1, -0.05) is 33.6 Å². The van der Waals surface area contributed by atoms with Crippen LogP contribution in [0.25, 0.3) is 0 Å². The zero-order valence-electron chi connectivity index (χ0n) is 8.81. The largest absolute Gasteiger partial charge is 0.294 e. The predicted octanol–water partition coefficient (Wildman–Crippen LogP) is 1.58. The van der Waals surface area contributed by atoms with Crippen LogP contribution in [0.5, 0.6) is 0 Å². The smallest absolute Gasteiger partial charge is 0.240 e. The van der Waals surface area contributed by atoms with Crippen LogP contribution in [0.3, 0.4) is 0 Å². The summed E-state index contributed by atoms with van der Waals surface area (Å²) in [5, 5.41) is 0. The van der Waals surface area contributed by atoms with Crippen LogP contribution >= 0.6 is 0 Å². The van der Waals surface area contributed by atoms with Crippen LogP contribution in [-0.2, 0) is 4.79 Å². The SMILES string of the molecule is CC(C)(C)C1(C(=O)NN)CCCC1. The van der Waals surface area contributed by atoms with Crippen LogP contribution in [-0.4, -0.2) is 5.91 Å². The van der Waals surface area contributed by atoms with E-state index >= 15 is 0 Å². The summed E-state index contributed by atoms with van der Waals surface area (Å²) in [6.07, 6.45) is 4.23. The molecule has 0 heterocycles. The van der Waals surface area contributed by atoms with Crippen molar-refractivity contribution < 1.29 is 4.79 Å². The molecule has 0 saturated heterocycles. The Hall–Kier alpha value is -0.570. The maximum absolute atomic E-state index is 11.7. The van der Waals surface area contributed by atoms with Crippen LogP contribution in [0.4, 0.5) is 0 Å². The van der Waals surface area contributed by atoms with Gasteiger partial charge in [0.1, 0.15) is 0 Å². The third-order valence-corrected chi connectivity index (χ3v) is 3.46. The molecule has 0 aromatic heterocycles. The molecular formula is C10H20N2O. The van der Waals surface area contributed by atoms with E-state index in [-0.39, 0.29) is 16.7 Å². The molecule has 1 fully saturated rings. The van der Waals surface area contributed by atoms with Crippen LogP contribution in [0.15, 0.2) is 0 Å². The van der Waals surface area contributed by atoms with Crippen molar-refractivity contribution in [1.82, 2.24) is 5.43 Å². The van der Waals surface area contributed by atoms with E-state index in [9.17, 15) is 4.79 Å². The Kier molecular flexibility index (Phi) is 2.66. The van der Waals surface area contributed by atoms with Gasteiger partial charge < -0.3 is 0 Å². The highest BCUT2D eigenvalue weighted by molar-refractivity contribution is 5.83. The summed E-state index contributed by atoms with van der Waals surface area (Å²) >= 11 is 0. The number of nitrogens with two attached hydrogens (primary N) is 1. The zero-order chi connectivity index (χ0) is 10.1. The van der Waals surface area contributed by atoms with Crippen molar-refractivity contribution in [1.29, 1.82) is 0 Å². The number of hydrogen-bond donors (Lipinski definition) is 2. The predicted molar refractivity (Wildman–Crippen MR) is 52.7 cm³/mol. The second kappa shape index (κ2) is 3.29. The molecule has 1 aliphatic carbocycles. The first-order valence-corrected chi connectivity index (χ1v) is 4.95. The van der Waals surface area contributed by atoms with Gasteiger partial charge in [0.15, 0.2) is 0 Å². The summed E-state index contributed by atoms with van der Waals surface area (Å²) in [6, 6.07) is 0. The first-order valence-electron chi connectivity index (χ1n) is 4.95. The highest BCUT2D eigenvalue weighted by Crippen LogP contribution is 2.51. The molecule has 0 aliphatic heterocycles. The molecule has 0 bridgehead atoms. The van der Waals surface area contributed by atoms with Crippen molar-refractivity contribution in [3.8, 4) is 0 Å². The molecule has 1 saturated carbocycles. The molecule has 1 rings (SSSR count). The molecule has 13 heavy (non-hydrogen) atoms. The van der Waals surface area contributed by atoms with E-state index in [2.05, 4.69) is 26.2 Å². The van der Waals surface area contributed by atoms with E-state index in [1.54, 1.807) is 0 Å². The molecule has 3 nitrogen and oxygen atoms in total. The molecule has 0 unspecified atom stereocenters. The van der Waals surface area contributed by atoms with Gasteiger partial charge in [-0.3, -0.25) is 10.2 Å². The second-order valence-corrected chi connectivity index (χ2v) is 5.01. The van der Waals surface area contributed by atoms with Gasteiger partial charge in [-0.15, -0.1) is 0 Å². The zero-order valence-corrected chi connectivity index (χ0v) is 8.81. The fourth-order valence-corrected chi connectivity index (χ4v) is 2.43. The van der Waals surface area contributed by atoms with Gasteiger partial charge in [0, 0.05) is 0 Å². The van der Waals surface area contributed by atoms with E-state index in [0.29, 0.717) is 0 Å². The topological polar surface area (TPSA) is 55.1 Å². The molecule has 1 aliphatic rings. The molecule has 0 aromatic rings. The number of hydrazine groups is 1. The summed E-state index contributed by atoms with van der Waals surface area (Å²) in [5.41, 5.74) is 2.09. The highest BCUT2D eigenvalue weighted by atomic mass is 16.2. The number of carbonyl (C=O) groups excluding carboxylic acids is 1. The minimum absolute atomic E-state index is 0.00690. The van der Waals surface area contributed by atoms with Crippen molar-refractivity contribution in [3.63, 3.8) is 0 Å². The lowest BCUT2D eigenvalue weighted by molar-refractivity contribution is -0.137. The maximum Gasteiger partial charge on any atom is 0.240 e. The standard InChI is InChI=1S/C10H20N2O/c1-9(2,3)10(8(13)12-11)6-4-5-7-10/h4-7,11H2,1-3H3,(H,12,13).